The van der Waals surface area contributed by atoms with Gasteiger partial charge >= 0.3 is 0 Å². The van der Waals surface area contributed by atoms with Crippen molar-refractivity contribution in [3.05, 3.63) is 0 Å². The van der Waals surface area contributed by atoms with E-state index >= 15 is 0 Å². The lowest BCUT2D eigenvalue weighted by molar-refractivity contribution is 0.384. The molecule has 1 N–H and O–H groups in total. The molecule has 1 aliphatic rings. The van der Waals surface area contributed by atoms with Gasteiger partial charge in [0.1, 0.15) is 5.75 Å². The van der Waals surface area contributed by atoms with Crippen LogP contribution in [0, 0.1) is 5.92 Å². The Morgan fingerprint density at radius 2 is 2.00 bits per heavy atom. The largest absolute Gasteiger partial charge is 0.598 e. The van der Waals surface area contributed by atoms with Gasteiger partial charge in [-0.3, -0.25) is 0 Å². The second-order valence-electron chi connectivity index (χ2n) is 3.22. The minimum Gasteiger partial charge on any atom is -0.598 e. The maximum atomic E-state index is 11.1. The van der Waals surface area contributed by atoms with Crippen LogP contribution in [-0.4, -0.2) is 17.4 Å². The smallest absolute Gasteiger partial charge is 0.128 e. The molecule has 66 valence electrons. The summed E-state index contributed by atoms with van der Waals surface area (Å²) in [6.45, 7) is 0. The monoisotopic (exact) mass is 175 g/mol. The summed E-state index contributed by atoms with van der Waals surface area (Å²) < 4.78 is 13.9. The van der Waals surface area contributed by atoms with Crippen molar-refractivity contribution < 1.29 is 4.55 Å². The maximum Gasteiger partial charge on any atom is 0.128 e. The summed E-state index contributed by atoms with van der Waals surface area (Å²) in [7, 11) is 1.76. The zero-order chi connectivity index (χ0) is 8.10. The molecule has 0 aromatic heterocycles. The molecule has 0 aliphatic heterocycles. The van der Waals surface area contributed by atoms with Crippen LogP contribution in [0.5, 0.6) is 0 Å². The average Bonchev–Trinajstić information content (AvgIpc) is 2.06. The molecule has 1 aliphatic carbocycles. The summed E-state index contributed by atoms with van der Waals surface area (Å²) in [5.74, 6) is 1.58. The van der Waals surface area contributed by atoms with E-state index in [0.29, 0.717) is 0 Å². The molecule has 1 rings (SSSR count). The summed E-state index contributed by atoms with van der Waals surface area (Å²) in [5, 5.41) is 0. The Balaban J connectivity index is 2.13. The summed E-state index contributed by atoms with van der Waals surface area (Å²) in [6.07, 6.45) is 6.63. The Morgan fingerprint density at radius 3 is 2.55 bits per heavy atom. The van der Waals surface area contributed by atoms with E-state index in [1.807, 2.05) is 0 Å². The van der Waals surface area contributed by atoms with Crippen LogP contribution in [0.25, 0.3) is 0 Å². The van der Waals surface area contributed by atoms with E-state index < -0.39 is 11.4 Å². The lowest BCUT2D eigenvalue weighted by Gasteiger charge is -2.21. The standard InChI is InChI=1S/C8H17NOS/c1-9-11(10)7-8-5-3-2-4-6-8/h8-9H,2-7H2,1H3. The lowest BCUT2D eigenvalue weighted by atomic mass is 9.91. The first-order valence-electron chi connectivity index (χ1n) is 4.38. The third-order valence-corrected chi connectivity index (χ3v) is 3.57. The van der Waals surface area contributed by atoms with Crippen molar-refractivity contribution >= 4 is 11.4 Å². The van der Waals surface area contributed by atoms with Crippen LogP contribution < -0.4 is 4.72 Å². The summed E-state index contributed by atoms with van der Waals surface area (Å²) in [5.41, 5.74) is 0. The SMILES string of the molecule is CN[S+]([O-])CC1CCCCC1. The molecule has 0 heterocycles. The van der Waals surface area contributed by atoms with Crippen LogP contribution >= 0.6 is 0 Å². The number of rotatable bonds is 3. The highest BCUT2D eigenvalue weighted by atomic mass is 32.2. The van der Waals surface area contributed by atoms with E-state index in [1.54, 1.807) is 7.05 Å². The van der Waals surface area contributed by atoms with Crippen LogP contribution in [0.3, 0.4) is 0 Å². The maximum absolute atomic E-state index is 11.1. The fourth-order valence-electron chi connectivity index (χ4n) is 1.65. The van der Waals surface area contributed by atoms with E-state index in [2.05, 4.69) is 4.72 Å². The first-order valence-corrected chi connectivity index (χ1v) is 5.70. The molecular weight excluding hydrogens is 158 g/mol. The first kappa shape index (κ1) is 9.36. The second kappa shape index (κ2) is 5.01. The van der Waals surface area contributed by atoms with E-state index in [-0.39, 0.29) is 0 Å². The molecule has 0 bridgehead atoms. The molecule has 0 aromatic rings. The molecule has 11 heavy (non-hydrogen) atoms. The van der Waals surface area contributed by atoms with Gasteiger partial charge in [-0.25, -0.2) is 0 Å². The molecule has 0 amide bonds. The van der Waals surface area contributed by atoms with E-state index in [9.17, 15) is 4.55 Å². The molecule has 1 fully saturated rings. The molecule has 0 aromatic carbocycles. The zero-order valence-electron chi connectivity index (χ0n) is 7.14. The molecule has 0 spiro atoms. The fourth-order valence-corrected chi connectivity index (χ4v) is 2.58. The zero-order valence-corrected chi connectivity index (χ0v) is 7.95. The van der Waals surface area contributed by atoms with Crippen molar-refractivity contribution in [1.29, 1.82) is 0 Å². The predicted octanol–water partition coefficient (Wildman–Crippen LogP) is 1.45. The highest BCUT2D eigenvalue weighted by molar-refractivity contribution is 7.89. The molecule has 3 heteroatoms. The highest BCUT2D eigenvalue weighted by Crippen LogP contribution is 2.24. The summed E-state index contributed by atoms with van der Waals surface area (Å²) >= 11 is -0.775. The quantitative estimate of drug-likeness (QED) is 0.659. The van der Waals surface area contributed by atoms with Gasteiger partial charge in [0, 0.05) is 24.3 Å². The van der Waals surface area contributed by atoms with Crippen LogP contribution in [0.15, 0.2) is 0 Å². The number of hydrogen-bond acceptors (Lipinski definition) is 2. The van der Waals surface area contributed by atoms with Crippen molar-refractivity contribution in [3.8, 4) is 0 Å². The van der Waals surface area contributed by atoms with Gasteiger partial charge in [0.05, 0.1) is 0 Å². The van der Waals surface area contributed by atoms with Crippen molar-refractivity contribution in [1.82, 2.24) is 4.72 Å². The Morgan fingerprint density at radius 1 is 1.36 bits per heavy atom. The molecule has 1 saturated carbocycles. The predicted molar refractivity (Wildman–Crippen MR) is 48.6 cm³/mol. The van der Waals surface area contributed by atoms with Gasteiger partial charge in [0.15, 0.2) is 0 Å². The molecule has 0 radical (unpaired) electrons. The van der Waals surface area contributed by atoms with Crippen molar-refractivity contribution in [3.63, 3.8) is 0 Å². The molecule has 1 unspecified atom stereocenters. The van der Waals surface area contributed by atoms with Gasteiger partial charge in [0.2, 0.25) is 0 Å². The summed E-state index contributed by atoms with van der Waals surface area (Å²) in [4.78, 5) is 0. The second-order valence-corrected chi connectivity index (χ2v) is 4.65. The average molecular weight is 175 g/mol. The van der Waals surface area contributed by atoms with Gasteiger partial charge in [-0.05, 0) is 12.8 Å². The highest BCUT2D eigenvalue weighted by Gasteiger charge is 2.18. The van der Waals surface area contributed by atoms with E-state index in [4.69, 9.17) is 0 Å². The Hall–Kier alpha value is 0.270. The van der Waals surface area contributed by atoms with E-state index in [1.165, 1.54) is 32.1 Å². The van der Waals surface area contributed by atoms with Gasteiger partial charge in [0.25, 0.3) is 0 Å². The van der Waals surface area contributed by atoms with Gasteiger partial charge in [-0.2, -0.15) is 0 Å². The van der Waals surface area contributed by atoms with E-state index in [0.717, 1.165) is 11.7 Å². The fraction of sp³-hybridized carbons (Fsp3) is 1.00. The number of nitrogens with one attached hydrogen (secondary N) is 1. The normalized spacial score (nSPS) is 23.5. The third-order valence-electron chi connectivity index (χ3n) is 2.34. The van der Waals surface area contributed by atoms with Crippen LogP contribution in [0.2, 0.25) is 0 Å². The molecule has 2 nitrogen and oxygen atoms in total. The molecule has 0 saturated heterocycles. The molecule has 1 atom stereocenters. The lowest BCUT2D eigenvalue weighted by Crippen LogP contribution is -2.27. The Kier molecular flexibility index (Phi) is 4.26. The van der Waals surface area contributed by atoms with Crippen molar-refractivity contribution in [2.75, 3.05) is 12.8 Å². The Bertz CT molecular complexity index is 104. The van der Waals surface area contributed by atoms with Crippen molar-refractivity contribution in [2.24, 2.45) is 5.92 Å². The number of hydrogen-bond donors (Lipinski definition) is 1. The van der Waals surface area contributed by atoms with Gasteiger partial charge in [-0.1, -0.05) is 19.3 Å². The van der Waals surface area contributed by atoms with Crippen molar-refractivity contribution in [2.45, 2.75) is 32.1 Å². The Labute approximate surface area is 72.1 Å². The minimum atomic E-state index is -0.775. The summed E-state index contributed by atoms with van der Waals surface area (Å²) in [6, 6.07) is 0. The van der Waals surface area contributed by atoms with Crippen LogP contribution in [0.4, 0.5) is 0 Å². The van der Waals surface area contributed by atoms with Gasteiger partial charge in [-0.15, -0.1) is 4.72 Å². The molecular formula is C8H17NOS. The van der Waals surface area contributed by atoms with Gasteiger partial charge < -0.3 is 4.55 Å². The van der Waals surface area contributed by atoms with Crippen LogP contribution in [-0.2, 0) is 11.4 Å². The topological polar surface area (TPSA) is 35.1 Å². The minimum absolute atomic E-state index is 0.719. The van der Waals surface area contributed by atoms with Crippen LogP contribution in [0.1, 0.15) is 32.1 Å². The third kappa shape index (κ3) is 3.45. The first-order chi connectivity index (χ1) is 5.33.